The van der Waals surface area contributed by atoms with E-state index in [1.807, 2.05) is 24.9 Å². The second-order valence-electron chi connectivity index (χ2n) is 9.19. The monoisotopic (exact) mass is 480 g/mol. The Balaban J connectivity index is 1.62. The van der Waals surface area contributed by atoms with Crippen molar-refractivity contribution in [1.82, 2.24) is 24.8 Å². The standard InChI is InChI=1S/C25H29FN6O3/c1-4-20-19-12-22-28-18(15-5-6-15)13-24(32(22)29-19)30(2)10-9-27-23(33)14-35-21-8-7-16(26)11-17(21)25(34)31(20)3/h7-8,11-13,15,20H,4-6,9-10,14H2,1-3H3,(H,27,33). The average molecular weight is 481 g/mol. The van der Waals surface area contributed by atoms with Crippen LogP contribution in [0.3, 0.4) is 0 Å². The number of carbonyl (C=O) groups is 2. The number of rotatable bonds is 2. The molecule has 1 aliphatic heterocycles. The van der Waals surface area contributed by atoms with Crippen LogP contribution in [0.25, 0.3) is 5.65 Å². The van der Waals surface area contributed by atoms with Crippen LogP contribution >= 0.6 is 0 Å². The summed E-state index contributed by atoms with van der Waals surface area (Å²) in [5.74, 6) is 0.183. The summed E-state index contributed by atoms with van der Waals surface area (Å²) in [5.41, 5.74) is 2.51. The highest BCUT2D eigenvalue weighted by atomic mass is 19.1. The van der Waals surface area contributed by atoms with E-state index in [4.69, 9.17) is 14.8 Å². The largest absolute Gasteiger partial charge is 0.483 e. The molecule has 5 rings (SSSR count). The van der Waals surface area contributed by atoms with Crippen LogP contribution in [0.2, 0.25) is 0 Å². The molecule has 184 valence electrons. The first-order chi connectivity index (χ1) is 16.9. The van der Waals surface area contributed by atoms with Gasteiger partial charge in [-0.05, 0) is 37.5 Å². The fourth-order valence-electron chi connectivity index (χ4n) is 4.50. The summed E-state index contributed by atoms with van der Waals surface area (Å²) in [4.78, 5) is 34.3. The van der Waals surface area contributed by atoms with Gasteiger partial charge >= 0.3 is 0 Å². The number of benzene rings is 1. The molecule has 1 atom stereocenters. The van der Waals surface area contributed by atoms with E-state index in [2.05, 4.69) is 11.4 Å². The van der Waals surface area contributed by atoms with Crippen LogP contribution in [0.1, 0.15) is 59.9 Å². The molecule has 2 bridgehead atoms. The number of likely N-dealkylation sites (N-methyl/N-ethyl adjacent to an activating group) is 1. The van der Waals surface area contributed by atoms with Gasteiger partial charge in [-0.15, -0.1) is 0 Å². The maximum atomic E-state index is 14.1. The topological polar surface area (TPSA) is 92.1 Å². The third kappa shape index (κ3) is 4.52. The first kappa shape index (κ1) is 23.1. The Bertz CT molecular complexity index is 1290. The maximum Gasteiger partial charge on any atom is 0.258 e. The van der Waals surface area contributed by atoms with E-state index >= 15 is 0 Å². The second-order valence-corrected chi connectivity index (χ2v) is 9.19. The number of hydrogen-bond donors (Lipinski definition) is 1. The Labute approximate surface area is 202 Å². The molecule has 2 amide bonds. The average Bonchev–Trinajstić information content (AvgIpc) is 3.61. The number of aromatic nitrogens is 3. The smallest absolute Gasteiger partial charge is 0.258 e. The summed E-state index contributed by atoms with van der Waals surface area (Å²) in [6, 6.07) is 7.35. The van der Waals surface area contributed by atoms with Crippen molar-refractivity contribution in [3.8, 4) is 5.75 Å². The SMILES string of the molecule is CCC1c2cc3nc(C4CC4)cc(n3n2)N(C)CCNC(=O)COc2ccc(F)cc2C(=O)N1C. The number of carbonyl (C=O) groups excluding carboxylic acids is 2. The van der Waals surface area contributed by atoms with Gasteiger partial charge in [0.15, 0.2) is 12.3 Å². The highest BCUT2D eigenvalue weighted by molar-refractivity contribution is 5.97. The highest BCUT2D eigenvalue weighted by Gasteiger charge is 2.30. The molecular formula is C25H29FN6O3. The third-order valence-electron chi connectivity index (χ3n) is 6.65. The van der Waals surface area contributed by atoms with Gasteiger partial charge in [0.25, 0.3) is 11.8 Å². The molecule has 1 unspecified atom stereocenters. The van der Waals surface area contributed by atoms with Gasteiger partial charge in [0.2, 0.25) is 0 Å². The normalized spacial score (nSPS) is 19.6. The number of anilines is 1. The van der Waals surface area contributed by atoms with Gasteiger partial charge in [0, 0.05) is 50.9 Å². The molecule has 2 aromatic heterocycles. The van der Waals surface area contributed by atoms with Gasteiger partial charge in [-0.25, -0.2) is 9.37 Å². The zero-order chi connectivity index (χ0) is 24.7. The Kier molecular flexibility index (Phi) is 6.04. The molecule has 0 radical (unpaired) electrons. The number of ether oxygens (including phenoxy) is 1. The van der Waals surface area contributed by atoms with Gasteiger partial charge in [0.1, 0.15) is 17.4 Å². The number of fused-ring (bicyclic) bond motifs is 2. The van der Waals surface area contributed by atoms with Crippen LogP contribution in [-0.4, -0.2) is 65.1 Å². The van der Waals surface area contributed by atoms with E-state index < -0.39 is 11.7 Å². The Morgan fingerprint density at radius 2 is 1.94 bits per heavy atom. The quantitative estimate of drug-likeness (QED) is 0.607. The summed E-state index contributed by atoms with van der Waals surface area (Å²) in [5, 5.41) is 7.68. The van der Waals surface area contributed by atoms with E-state index in [1.54, 1.807) is 16.5 Å². The Morgan fingerprint density at radius 1 is 1.14 bits per heavy atom. The van der Waals surface area contributed by atoms with Crippen molar-refractivity contribution in [1.29, 1.82) is 0 Å². The Morgan fingerprint density at radius 3 is 2.69 bits per heavy atom. The Hall–Kier alpha value is -3.69. The van der Waals surface area contributed by atoms with Gasteiger partial charge in [-0.1, -0.05) is 6.92 Å². The minimum atomic E-state index is -0.557. The predicted molar refractivity (Wildman–Crippen MR) is 128 cm³/mol. The van der Waals surface area contributed by atoms with Crippen molar-refractivity contribution in [3.05, 3.63) is 53.1 Å². The van der Waals surface area contributed by atoms with Crippen LogP contribution in [0, 0.1) is 5.82 Å². The number of nitrogens with zero attached hydrogens (tertiary/aromatic N) is 5. The van der Waals surface area contributed by atoms with E-state index in [1.165, 1.54) is 12.1 Å². The van der Waals surface area contributed by atoms with Crippen LogP contribution in [0.15, 0.2) is 30.3 Å². The minimum Gasteiger partial charge on any atom is -0.483 e. The molecule has 1 saturated carbocycles. The third-order valence-corrected chi connectivity index (χ3v) is 6.65. The summed E-state index contributed by atoms with van der Waals surface area (Å²) in [6.45, 7) is 2.65. The van der Waals surface area contributed by atoms with Crippen molar-refractivity contribution in [2.24, 2.45) is 0 Å². The van der Waals surface area contributed by atoms with Gasteiger partial charge in [-0.3, -0.25) is 9.59 Å². The molecule has 9 nitrogen and oxygen atoms in total. The van der Waals surface area contributed by atoms with Crippen LogP contribution < -0.4 is 15.0 Å². The van der Waals surface area contributed by atoms with Gasteiger partial charge < -0.3 is 19.9 Å². The molecule has 1 fully saturated rings. The first-order valence-corrected chi connectivity index (χ1v) is 11.9. The van der Waals surface area contributed by atoms with Crippen LogP contribution in [0.4, 0.5) is 10.2 Å². The zero-order valence-electron chi connectivity index (χ0n) is 20.1. The molecule has 3 aromatic rings. The van der Waals surface area contributed by atoms with Crippen LogP contribution in [0.5, 0.6) is 5.75 Å². The lowest BCUT2D eigenvalue weighted by Gasteiger charge is -2.27. The predicted octanol–water partition coefficient (Wildman–Crippen LogP) is 2.91. The van der Waals surface area contributed by atoms with Crippen molar-refractivity contribution < 1.29 is 18.7 Å². The summed E-state index contributed by atoms with van der Waals surface area (Å²) in [7, 11) is 3.62. The molecule has 35 heavy (non-hydrogen) atoms. The lowest BCUT2D eigenvalue weighted by Crippen LogP contribution is -2.36. The minimum absolute atomic E-state index is 0.0594. The highest BCUT2D eigenvalue weighted by Crippen LogP contribution is 2.40. The van der Waals surface area contributed by atoms with Gasteiger partial charge in [-0.2, -0.15) is 9.61 Å². The molecule has 1 N–H and O–H groups in total. The molecule has 2 aliphatic rings. The molecule has 0 spiro atoms. The van der Waals surface area contributed by atoms with Crippen molar-refractivity contribution in [2.75, 3.05) is 38.7 Å². The number of amides is 2. The first-order valence-electron chi connectivity index (χ1n) is 11.9. The lowest BCUT2D eigenvalue weighted by atomic mass is 10.1. The van der Waals surface area contributed by atoms with E-state index in [0.717, 1.165) is 30.4 Å². The van der Waals surface area contributed by atoms with Crippen molar-refractivity contribution in [2.45, 2.75) is 38.1 Å². The van der Waals surface area contributed by atoms with E-state index in [0.29, 0.717) is 36.8 Å². The fraction of sp³-hybridized carbons (Fsp3) is 0.440. The number of hydrogen-bond acceptors (Lipinski definition) is 6. The van der Waals surface area contributed by atoms with Crippen LogP contribution in [-0.2, 0) is 4.79 Å². The van der Waals surface area contributed by atoms with E-state index in [9.17, 15) is 14.0 Å². The lowest BCUT2D eigenvalue weighted by molar-refractivity contribution is -0.123. The van der Waals surface area contributed by atoms with E-state index in [-0.39, 0.29) is 29.9 Å². The molecule has 3 heterocycles. The molecule has 10 heteroatoms. The summed E-state index contributed by atoms with van der Waals surface area (Å²) >= 11 is 0. The fourth-order valence-corrected chi connectivity index (χ4v) is 4.50. The number of nitrogens with one attached hydrogen (secondary N) is 1. The van der Waals surface area contributed by atoms with Crippen molar-refractivity contribution >= 4 is 23.3 Å². The molecule has 0 saturated heterocycles. The molecular weight excluding hydrogens is 451 g/mol. The molecule has 1 aromatic carbocycles. The maximum absolute atomic E-state index is 14.1. The second kappa shape index (κ2) is 9.16. The molecule has 1 aliphatic carbocycles. The summed E-state index contributed by atoms with van der Waals surface area (Å²) in [6.07, 6.45) is 2.84. The van der Waals surface area contributed by atoms with Crippen molar-refractivity contribution in [3.63, 3.8) is 0 Å². The number of halogens is 1. The zero-order valence-corrected chi connectivity index (χ0v) is 20.1. The summed E-state index contributed by atoms with van der Waals surface area (Å²) < 4.78 is 21.5. The van der Waals surface area contributed by atoms with Gasteiger partial charge in [0.05, 0.1) is 17.3 Å².